The van der Waals surface area contributed by atoms with E-state index in [9.17, 15) is 9.59 Å². The smallest absolute Gasteiger partial charge is 0.338 e. The van der Waals surface area contributed by atoms with Crippen LogP contribution in [0.25, 0.3) is 0 Å². The van der Waals surface area contributed by atoms with Gasteiger partial charge in [0.2, 0.25) is 5.91 Å². The maximum atomic E-state index is 11.7. The molecule has 1 rings (SSSR count). The van der Waals surface area contributed by atoms with Gasteiger partial charge in [-0.15, -0.1) is 0 Å². The topological polar surface area (TPSA) is 81.4 Å². The molecule has 110 valence electrons. The molecule has 0 aliphatic carbocycles. The SMILES string of the molecule is CCCOC(=O)c1ccc(NC(=O)[C@H](N)CCC)cc1. The third-order valence-corrected chi connectivity index (χ3v) is 2.76. The molecule has 1 aromatic carbocycles. The van der Waals surface area contributed by atoms with Gasteiger partial charge in [0.15, 0.2) is 0 Å². The molecule has 0 aliphatic rings. The average molecular weight is 278 g/mol. The van der Waals surface area contributed by atoms with Crippen molar-refractivity contribution in [3.8, 4) is 0 Å². The number of amides is 1. The van der Waals surface area contributed by atoms with Gasteiger partial charge < -0.3 is 15.8 Å². The van der Waals surface area contributed by atoms with E-state index >= 15 is 0 Å². The number of ether oxygens (including phenoxy) is 1. The molecule has 0 saturated heterocycles. The number of carbonyl (C=O) groups excluding carboxylic acids is 2. The number of esters is 1. The number of hydrogen-bond acceptors (Lipinski definition) is 4. The van der Waals surface area contributed by atoms with Crippen LogP contribution in [0.3, 0.4) is 0 Å². The van der Waals surface area contributed by atoms with Crippen molar-refractivity contribution >= 4 is 17.6 Å². The molecule has 1 atom stereocenters. The first-order valence-electron chi connectivity index (χ1n) is 6.92. The van der Waals surface area contributed by atoms with Gasteiger partial charge in [-0.3, -0.25) is 4.79 Å². The van der Waals surface area contributed by atoms with E-state index in [2.05, 4.69) is 5.32 Å². The lowest BCUT2D eigenvalue weighted by molar-refractivity contribution is -0.117. The highest BCUT2D eigenvalue weighted by Gasteiger charge is 2.12. The highest BCUT2D eigenvalue weighted by atomic mass is 16.5. The van der Waals surface area contributed by atoms with E-state index in [-0.39, 0.29) is 11.9 Å². The van der Waals surface area contributed by atoms with E-state index < -0.39 is 6.04 Å². The first-order chi connectivity index (χ1) is 9.58. The van der Waals surface area contributed by atoms with Crippen molar-refractivity contribution in [2.45, 2.75) is 39.2 Å². The first kappa shape index (κ1) is 16.2. The third kappa shape index (κ3) is 5.01. The number of rotatable bonds is 7. The van der Waals surface area contributed by atoms with E-state index in [1.807, 2.05) is 13.8 Å². The van der Waals surface area contributed by atoms with Crippen LogP contribution in [0.2, 0.25) is 0 Å². The van der Waals surface area contributed by atoms with Crippen molar-refractivity contribution in [3.05, 3.63) is 29.8 Å². The van der Waals surface area contributed by atoms with Crippen LogP contribution in [0.4, 0.5) is 5.69 Å². The van der Waals surface area contributed by atoms with Crippen molar-refractivity contribution in [3.63, 3.8) is 0 Å². The number of nitrogens with one attached hydrogen (secondary N) is 1. The van der Waals surface area contributed by atoms with Gasteiger partial charge >= 0.3 is 5.97 Å². The van der Waals surface area contributed by atoms with Crippen LogP contribution < -0.4 is 11.1 Å². The van der Waals surface area contributed by atoms with Crippen molar-refractivity contribution in [1.82, 2.24) is 0 Å². The van der Waals surface area contributed by atoms with Crippen molar-refractivity contribution < 1.29 is 14.3 Å². The van der Waals surface area contributed by atoms with Gasteiger partial charge in [-0.2, -0.15) is 0 Å². The summed E-state index contributed by atoms with van der Waals surface area (Å²) in [5.74, 6) is -0.569. The van der Waals surface area contributed by atoms with E-state index in [0.29, 0.717) is 24.3 Å². The number of hydrogen-bond donors (Lipinski definition) is 2. The summed E-state index contributed by atoms with van der Waals surface area (Å²) in [7, 11) is 0. The molecule has 5 nitrogen and oxygen atoms in total. The second kappa shape index (κ2) is 8.32. The summed E-state index contributed by atoms with van der Waals surface area (Å²) in [6.07, 6.45) is 2.29. The highest BCUT2D eigenvalue weighted by molar-refractivity contribution is 5.95. The Balaban J connectivity index is 2.58. The van der Waals surface area contributed by atoms with Gasteiger partial charge in [0.05, 0.1) is 18.2 Å². The maximum absolute atomic E-state index is 11.7. The first-order valence-corrected chi connectivity index (χ1v) is 6.92. The van der Waals surface area contributed by atoms with Gasteiger partial charge in [-0.05, 0) is 37.1 Å². The number of carbonyl (C=O) groups is 2. The lowest BCUT2D eigenvalue weighted by Crippen LogP contribution is -2.35. The Kier molecular flexibility index (Phi) is 6.73. The molecular formula is C15H22N2O3. The fourth-order valence-corrected chi connectivity index (χ4v) is 1.64. The summed E-state index contributed by atoms with van der Waals surface area (Å²) in [6.45, 7) is 4.32. The van der Waals surface area contributed by atoms with Gasteiger partial charge in [0, 0.05) is 5.69 Å². The van der Waals surface area contributed by atoms with Gasteiger partial charge in [-0.25, -0.2) is 4.79 Å². The summed E-state index contributed by atoms with van der Waals surface area (Å²) in [5, 5.41) is 2.72. The summed E-state index contributed by atoms with van der Waals surface area (Å²) in [6, 6.07) is 6.07. The van der Waals surface area contributed by atoms with E-state index in [0.717, 1.165) is 12.8 Å². The van der Waals surface area contributed by atoms with E-state index in [4.69, 9.17) is 10.5 Å². The molecule has 1 aromatic rings. The van der Waals surface area contributed by atoms with Gasteiger partial charge in [0.25, 0.3) is 0 Å². The predicted molar refractivity (Wildman–Crippen MR) is 78.5 cm³/mol. The van der Waals surface area contributed by atoms with Crippen LogP contribution in [0.1, 0.15) is 43.5 Å². The van der Waals surface area contributed by atoms with Crippen LogP contribution in [0.15, 0.2) is 24.3 Å². The predicted octanol–water partition coefficient (Wildman–Crippen LogP) is 2.32. The molecule has 0 bridgehead atoms. The van der Waals surface area contributed by atoms with Crippen molar-refractivity contribution in [2.24, 2.45) is 5.73 Å². The number of benzene rings is 1. The zero-order chi connectivity index (χ0) is 15.0. The Hall–Kier alpha value is -1.88. The minimum absolute atomic E-state index is 0.215. The number of anilines is 1. The summed E-state index contributed by atoms with van der Waals surface area (Å²) >= 11 is 0. The molecule has 20 heavy (non-hydrogen) atoms. The molecular weight excluding hydrogens is 256 g/mol. The standard InChI is InChI=1S/C15H22N2O3/c1-3-5-13(16)14(18)17-12-8-6-11(7-9-12)15(19)20-10-4-2/h6-9,13H,3-5,10,16H2,1-2H3,(H,17,18)/t13-/m1/s1. The second-order valence-corrected chi connectivity index (χ2v) is 4.60. The maximum Gasteiger partial charge on any atom is 0.338 e. The highest BCUT2D eigenvalue weighted by Crippen LogP contribution is 2.11. The lowest BCUT2D eigenvalue weighted by Gasteiger charge is -2.11. The van der Waals surface area contributed by atoms with Crippen LogP contribution in [-0.4, -0.2) is 24.5 Å². The molecule has 0 spiro atoms. The van der Waals surface area contributed by atoms with Crippen molar-refractivity contribution in [2.75, 3.05) is 11.9 Å². The lowest BCUT2D eigenvalue weighted by atomic mass is 10.1. The summed E-state index contributed by atoms with van der Waals surface area (Å²) in [5.41, 5.74) is 6.81. The minimum Gasteiger partial charge on any atom is -0.462 e. The Morgan fingerprint density at radius 1 is 1.20 bits per heavy atom. The fraction of sp³-hybridized carbons (Fsp3) is 0.467. The average Bonchev–Trinajstić information content (AvgIpc) is 2.45. The van der Waals surface area contributed by atoms with Crippen LogP contribution in [0, 0.1) is 0 Å². The largest absolute Gasteiger partial charge is 0.462 e. The quantitative estimate of drug-likeness (QED) is 0.750. The molecule has 5 heteroatoms. The Morgan fingerprint density at radius 2 is 1.85 bits per heavy atom. The molecule has 1 amide bonds. The Bertz CT molecular complexity index is 443. The molecule has 0 fully saturated rings. The zero-order valence-electron chi connectivity index (χ0n) is 12.0. The van der Waals surface area contributed by atoms with Gasteiger partial charge in [-0.1, -0.05) is 20.3 Å². The number of nitrogens with two attached hydrogens (primary N) is 1. The molecule has 0 unspecified atom stereocenters. The molecule has 0 heterocycles. The summed E-state index contributed by atoms with van der Waals surface area (Å²) in [4.78, 5) is 23.3. The Morgan fingerprint density at radius 3 is 2.40 bits per heavy atom. The van der Waals surface area contributed by atoms with Crippen LogP contribution in [-0.2, 0) is 9.53 Å². The minimum atomic E-state index is -0.505. The van der Waals surface area contributed by atoms with E-state index in [1.165, 1.54) is 0 Å². The molecule has 0 aromatic heterocycles. The normalized spacial score (nSPS) is 11.8. The monoisotopic (exact) mass is 278 g/mol. The third-order valence-electron chi connectivity index (χ3n) is 2.76. The van der Waals surface area contributed by atoms with Crippen LogP contribution in [0.5, 0.6) is 0 Å². The molecule has 3 N–H and O–H groups in total. The zero-order valence-corrected chi connectivity index (χ0v) is 12.0. The molecule has 0 saturated carbocycles. The van der Waals surface area contributed by atoms with Crippen molar-refractivity contribution in [1.29, 1.82) is 0 Å². The molecule has 0 aliphatic heterocycles. The fourth-order valence-electron chi connectivity index (χ4n) is 1.64. The molecule has 0 radical (unpaired) electrons. The summed E-state index contributed by atoms with van der Waals surface area (Å²) < 4.78 is 5.02. The Labute approximate surface area is 119 Å². The second-order valence-electron chi connectivity index (χ2n) is 4.60. The van der Waals surface area contributed by atoms with Gasteiger partial charge in [0.1, 0.15) is 0 Å². The van der Waals surface area contributed by atoms with E-state index in [1.54, 1.807) is 24.3 Å². The van der Waals surface area contributed by atoms with Crippen LogP contribution >= 0.6 is 0 Å².